The van der Waals surface area contributed by atoms with E-state index in [1.54, 1.807) is 19.1 Å². The van der Waals surface area contributed by atoms with Gasteiger partial charge in [0.1, 0.15) is 0 Å². The fourth-order valence-corrected chi connectivity index (χ4v) is 3.41. The zero-order valence-electron chi connectivity index (χ0n) is 16.5. The van der Waals surface area contributed by atoms with E-state index in [0.717, 1.165) is 38.2 Å². The number of anilines is 2. The summed E-state index contributed by atoms with van der Waals surface area (Å²) in [5, 5.41) is 9.56. The zero-order chi connectivity index (χ0) is 18.9. The van der Waals surface area contributed by atoms with Crippen molar-refractivity contribution >= 4 is 35.7 Å². The highest BCUT2D eigenvalue weighted by Crippen LogP contribution is 2.27. The van der Waals surface area contributed by atoms with Gasteiger partial charge in [-0.2, -0.15) is 0 Å². The van der Waals surface area contributed by atoms with Crippen LogP contribution in [0.25, 0.3) is 0 Å². The highest BCUT2D eigenvalue weighted by Gasteiger charge is 2.22. The van der Waals surface area contributed by atoms with Gasteiger partial charge in [0.25, 0.3) is 0 Å². The molecule has 27 heavy (non-hydrogen) atoms. The number of nitrogens with one attached hydrogen (secondary N) is 3. The number of benzene rings is 1. The minimum atomic E-state index is -0.380. The molecule has 0 bridgehead atoms. The molecule has 0 aromatic heterocycles. The maximum Gasteiger partial charge on any atom is 0.338 e. The third kappa shape index (κ3) is 7.03. The van der Waals surface area contributed by atoms with Crippen molar-refractivity contribution in [3.8, 4) is 0 Å². The summed E-state index contributed by atoms with van der Waals surface area (Å²) >= 11 is 0. The molecule has 1 saturated heterocycles. The second-order valence-corrected chi connectivity index (χ2v) is 6.83. The molecule has 6 nitrogen and oxygen atoms in total. The first kappa shape index (κ1) is 23.2. The van der Waals surface area contributed by atoms with Gasteiger partial charge in [0.2, 0.25) is 5.91 Å². The number of carbonyl (C=O) groups excluding carboxylic acids is 2. The molecule has 1 aromatic rings. The SMILES string of the molecule is CCNc1ccc(C(=O)OCC)cc1NC(=O)CC(C)C1CCNCC1.Cl. The first-order valence-electron chi connectivity index (χ1n) is 9.60. The van der Waals surface area contributed by atoms with E-state index in [0.29, 0.717) is 36.1 Å². The first-order valence-corrected chi connectivity index (χ1v) is 9.60. The van der Waals surface area contributed by atoms with E-state index in [1.807, 2.05) is 13.0 Å². The smallest absolute Gasteiger partial charge is 0.338 e. The molecule has 0 saturated carbocycles. The first-order chi connectivity index (χ1) is 12.5. The number of piperidine rings is 1. The second-order valence-electron chi connectivity index (χ2n) is 6.83. The minimum absolute atomic E-state index is 0. The number of rotatable bonds is 8. The molecule has 2 rings (SSSR count). The average molecular weight is 398 g/mol. The van der Waals surface area contributed by atoms with E-state index in [4.69, 9.17) is 4.74 Å². The Hall–Kier alpha value is -1.79. The van der Waals surface area contributed by atoms with Gasteiger partial charge in [0, 0.05) is 13.0 Å². The molecule has 1 heterocycles. The van der Waals surface area contributed by atoms with E-state index in [9.17, 15) is 9.59 Å². The Morgan fingerprint density at radius 1 is 1.22 bits per heavy atom. The molecule has 1 aromatic carbocycles. The van der Waals surface area contributed by atoms with Gasteiger partial charge in [-0.05, 0) is 69.8 Å². The summed E-state index contributed by atoms with van der Waals surface area (Å²) in [7, 11) is 0. The summed E-state index contributed by atoms with van der Waals surface area (Å²) in [5.74, 6) is 0.527. The third-order valence-electron chi connectivity index (χ3n) is 4.87. The molecule has 152 valence electrons. The Balaban J connectivity index is 0.00000364. The summed E-state index contributed by atoms with van der Waals surface area (Å²) in [6.07, 6.45) is 2.73. The van der Waals surface area contributed by atoms with Crippen LogP contribution in [0.3, 0.4) is 0 Å². The lowest BCUT2D eigenvalue weighted by atomic mass is 9.84. The summed E-state index contributed by atoms with van der Waals surface area (Å²) in [6, 6.07) is 5.20. The normalized spacial score (nSPS) is 15.4. The molecule has 0 radical (unpaired) electrons. The van der Waals surface area contributed by atoms with E-state index in [2.05, 4.69) is 22.9 Å². The van der Waals surface area contributed by atoms with E-state index in [-0.39, 0.29) is 24.3 Å². The van der Waals surface area contributed by atoms with E-state index >= 15 is 0 Å². The van der Waals surface area contributed by atoms with Gasteiger partial charge in [-0.15, -0.1) is 12.4 Å². The Kier molecular flexibility index (Phi) is 10.2. The van der Waals surface area contributed by atoms with Crippen LogP contribution in [-0.4, -0.2) is 38.1 Å². The fraction of sp³-hybridized carbons (Fsp3) is 0.600. The van der Waals surface area contributed by atoms with Crippen LogP contribution >= 0.6 is 12.4 Å². The average Bonchev–Trinajstić information content (AvgIpc) is 2.64. The van der Waals surface area contributed by atoms with Crippen LogP contribution in [0.5, 0.6) is 0 Å². The van der Waals surface area contributed by atoms with Crippen molar-refractivity contribution in [3.05, 3.63) is 23.8 Å². The number of carbonyl (C=O) groups is 2. The van der Waals surface area contributed by atoms with Gasteiger partial charge in [-0.25, -0.2) is 4.79 Å². The Morgan fingerprint density at radius 2 is 1.93 bits per heavy atom. The van der Waals surface area contributed by atoms with Gasteiger partial charge in [-0.1, -0.05) is 6.92 Å². The maximum absolute atomic E-state index is 12.6. The molecule has 1 aliphatic heterocycles. The molecule has 3 N–H and O–H groups in total. The lowest BCUT2D eigenvalue weighted by Crippen LogP contribution is -2.32. The highest BCUT2D eigenvalue weighted by atomic mass is 35.5. The molecule has 7 heteroatoms. The molecule has 1 fully saturated rings. The topological polar surface area (TPSA) is 79.5 Å². The van der Waals surface area contributed by atoms with Crippen molar-refractivity contribution in [2.24, 2.45) is 11.8 Å². The van der Waals surface area contributed by atoms with Crippen LogP contribution < -0.4 is 16.0 Å². The predicted molar refractivity (Wildman–Crippen MR) is 112 cm³/mol. The van der Waals surface area contributed by atoms with Crippen molar-refractivity contribution in [3.63, 3.8) is 0 Å². The Bertz CT molecular complexity index is 618. The summed E-state index contributed by atoms with van der Waals surface area (Å²) < 4.78 is 5.05. The van der Waals surface area contributed by atoms with Crippen LogP contribution in [0, 0.1) is 11.8 Å². The number of hydrogen-bond acceptors (Lipinski definition) is 5. The molecule has 1 atom stereocenters. The zero-order valence-corrected chi connectivity index (χ0v) is 17.3. The summed E-state index contributed by atoms with van der Waals surface area (Å²) in [5.41, 5.74) is 1.87. The molecular formula is C20H32ClN3O3. The maximum atomic E-state index is 12.6. The van der Waals surface area contributed by atoms with Crippen LogP contribution in [0.15, 0.2) is 18.2 Å². The number of halogens is 1. The largest absolute Gasteiger partial charge is 0.462 e. The van der Waals surface area contributed by atoms with Gasteiger partial charge in [0.05, 0.1) is 23.5 Å². The van der Waals surface area contributed by atoms with Gasteiger partial charge in [0.15, 0.2) is 0 Å². The molecule has 0 aliphatic carbocycles. The van der Waals surface area contributed by atoms with Gasteiger partial charge in [-0.3, -0.25) is 4.79 Å². The van der Waals surface area contributed by atoms with Crippen molar-refractivity contribution in [1.29, 1.82) is 0 Å². The fourth-order valence-electron chi connectivity index (χ4n) is 3.41. The van der Waals surface area contributed by atoms with Crippen molar-refractivity contribution in [1.82, 2.24) is 5.32 Å². The summed E-state index contributed by atoms with van der Waals surface area (Å²) in [4.78, 5) is 24.5. The standard InChI is InChI=1S/C20H31N3O3.ClH/c1-4-22-17-7-6-16(20(25)26-5-2)13-18(17)23-19(24)12-14(3)15-8-10-21-11-9-15;/h6-7,13-15,21-22H,4-5,8-12H2,1-3H3,(H,23,24);1H. The Morgan fingerprint density at radius 3 is 2.56 bits per heavy atom. The lowest BCUT2D eigenvalue weighted by molar-refractivity contribution is -0.117. The number of amides is 1. The number of hydrogen-bond donors (Lipinski definition) is 3. The third-order valence-corrected chi connectivity index (χ3v) is 4.87. The Labute approximate surface area is 168 Å². The predicted octanol–water partition coefficient (Wildman–Crippen LogP) is 3.68. The lowest BCUT2D eigenvalue weighted by Gasteiger charge is -2.28. The number of ether oxygens (including phenoxy) is 1. The molecule has 0 spiro atoms. The van der Waals surface area contributed by atoms with Gasteiger partial charge >= 0.3 is 5.97 Å². The van der Waals surface area contributed by atoms with Crippen LogP contribution in [0.2, 0.25) is 0 Å². The van der Waals surface area contributed by atoms with Crippen LogP contribution in [-0.2, 0) is 9.53 Å². The molecule has 1 unspecified atom stereocenters. The van der Waals surface area contributed by atoms with Crippen molar-refractivity contribution in [2.45, 2.75) is 40.0 Å². The minimum Gasteiger partial charge on any atom is -0.462 e. The molecule has 1 amide bonds. The second kappa shape index (κ2) is 11.8. The monoisotopic (exact) mass is 397 g/mol. The van der Waals surface area contributed by atoms with E-state index in [1.165, 1.54) is 0 Å². The van der Waals surface area contributed by atoms with Crippen molar-refractivity contribution in [2.75, 3.05) is 36.9 Å². The quantitative estimate of drug-likeness (QED) is 0.583. The van der Waals surface area contributed by atoms with E-state index < -0.39 is 0 Å². The molecular weight excluding hydrogens is 366 g/mol. The molecule has 1 aliphatic rings. The number of esters is 1. The van der Waals surface area contributed by atoms with Crippen LogP contribution in [0.1, 0.15) is 50.4 Å². The van der Waals surface area contributed by atoms with Gasteiger partial charge < -0.3 is 20.7 Å². The highest BCUT2D eigenvalue weighted by molar-refractivity contribution is 5.98. The van der Waals surface area contributed by atoms with Crippen LogP contribution in [0.4, 0.5) is 11.4 Å². The van der Waals surface area contributed by atoms with Crippen molar-refractivity contribution < 1.29 is 14.3 Å². The summed E-state index contributed by atoms with van der Waals surface area (Å²) in [6.45, 7) is 9.03.